The number of hydrogen-bond donors (Lipinski definition) is 0. The van der Waals surface area contributed by atoms with Crippen molar-refractivity contribution in [3.05, 3.63) is 99.0 Å². The van der Waals surface area contributed by atoms with Crippen molar-refractivity contribution in [2.24, 2.45) is 0 Å². The van der Waals surface area contributed by atoms with Gasteiger partial charge in [-0.1, -0.05) is 49.4 Å². The van der Waals surface area contributed by atoms with E-state index in [0.29, 0.717) is 17.9 Å². The summed E-state index contributed by atoms with van der Waals surface area (Å²) in [7, 11) is 0. The van der Waals surface area contributed by atoms with Crippen LogP contribution >= 0.6 is 11.8 Å². The van der Waals surface area contributed by atoms with Crippen LogP contribution in [0.4, 0.5) is 0 Å². The maximum Gasteiger partial charge on any atom is 0.274 e. The van der Waals surface area contributed by atoms with Crippen molar-refractivity contribution in [1.82, 2.24) is 9.58 Å². The van der Waals surface area contributed by atoms with Crippen LogP contribution in [-0.2, 0) is 5.75 Å². The van der Waals surface area contributed by atoms with Gasteiger partial charge in [0.05, 0.1) is 6.04 Å². The standard InChI is InChI=1S/C26H27N3O2S/c1-4-17(2)27-16-29(28-14-13-22(30)18(3)24(28)26(27)31)25-20-10-6-5-9-19(20)15-32-23-12-8-7-11-21(23)25/h5-14,17,25H,4,15-16H2,1-3H3/t17-,25?/m0/s1. The molecule has 32 heavy (non-hydrogen) atoms. The Morgan fingerprint density at radius 3 is 2.53 bits per heavy atom. The molecule has 0 spiro atoms. The first-order valence-electron chi connectivity index (χ1n) is 11.1. The molecular weight excluding hydrogens is 418 g/mol. The van der Waals surface area contributed by atoms with Gasteiger partial charge in [-0.3, -0.25) is 19.3 Å². The van der Waals surface area contributed by atoms with Gasteiger partial charge in [0.25, 0.3) is 5.91 Å². The van der Waals surface area contributed by atoms with E-state index < -0.39 is 0 Å². The highest BCUT2D eigenvalue weighted by Crippen LogP contribution is 2.42. The van der Waals surface area contributed by atoms with Crippen LogP contribution < -0.4 is 10.4 Å². The Bertz CT molecular complexity index is 1200. The molecule has 2 atom stereocenters. The summed E-state index contributed by atoms with van der Waals surface area (Å²) in [6, 6.07) is 18.7. The van der Waals surface area contributed by atoms with E-state index in [9.17, 15) is 9.59 Å². The zero-order chi connectivity index (χ0) is 22.4. The first-order chi connectivity index (χ1) is 15.5. The number of thioether (sulfide) groups is 1. The monoisotopic (exact) mass is 445 g/mol. The van der Waals surface area contributed by atoms with Crippen LogP contribution in [0.2, 0.25) is 0 Å². The Kier molecular flexibility index (Phi) is 5.33. The molecule has 0 aliphatic carbocycles. The van der Waals surface area contributed by atoms with Crippen LogP contribution in [0.5, 0.6) is 0 Å². The summed E-state index contributed by atoms with van der Waals surface area (Å²) in [6.07, 6.45) is 2.61. The Labute approximate surface area is 192 Å². The van der Waals surface area contributed by atoms with Crippen LogP contribution in [0.1, 0.15) is 59.1 Å². The molecule has 2 aliphatic heterocycles. The van der Waals surface area contributed by atoms with Gasteiger partial charge in [-0.25, -0.2) is 0 Å². The Morgan fingerprint density at radius 1 is 1.03 bits per heavy atom. The number of benzene rings is 2. The minimum atomic E-state index is -0.104. The molecule has 3 heterocycles. The fraction of sp³-hybridized carbons (Fsp3) is 0.308. The first kappa shape index (κ1) is 20.9. The molecule has 1 amide bonds. The molecule has 2 aromatic carbocycles. The number of pyridine rings is 1. The molecule has 5 nitrogen and oxygen atoms in total. The van der Waals surface area contributed by atoms with Crippen molar-refractivity contribution < 1.29 is 4.79 Å². The average Bonchev–Trinajstić information content (AvgIpc) is 2.98. The Hall–Kier alpha value is -2.99. The minimum absolute atomic E-state index is 0.0686. The fourth-order valence-corrected chi connectivity index (χ4v) is 5.80. The van der Waals surface area contributed by atoms with Crippen LogP contribution in [0.3, 0.4) is 0 Å². The minimum Gasteiger partial charge on any atom is -0.315 e. The van der Waals surface area contributed by atoms with Crippen LogP contribution in [0.25, 0.3) is 0 Å². The summed E-state index contributed by atoms with van der Waals surface area (Å²) in [4.78, 5) is 29.2. The predicted octanol–water partition coefficient (Wildman–Crippen LogP) is 4.70. The third kappa shape index (κ3) is 3.25. The van der Waals surface area contributed by atoms with Crippen molar-refractivity contribution >= 4 is 17.7 Å². The van der Waals surface area contributed by atoms with Crippen molar-refractivity contribution in [3.63, 3.8) is 0 Å². The van der Waals surface area contributed by atoms with Crippen LogP contribution in [0.15, 0.2) is 70.5 Å². The average molecular weight is 446 g/mol. The highest BCUT2D eigenvalue weighted by molar-refractivity contribution is 7.98. The lowest BCUT2D eigenvalue weighted by atomic mass is 9.94. The highest BCUT2D eigenvalue weighted by atomic mass is 32.2. The first-order valence-corrected chi connectivity index (χ1v) is 12.1. The van der Waals surface area contributed by atoms with Gasteiger partial charge in [-0.05, 0) is 43.0 Å². The number of hydrogen-bond acceptors (Lipinski definition) is 4. The second-order valence-electron chi connectivity index (χ2n) is 8.54. The van der Waals surface area contributed by atoms with Gasteiger partial charge in [0, 0.05) is 34.5 Å². The number of carbonyl (C=O) groups is 1. The van der Waals surface area contributed by atoms with Crippen molar-refractivity contribution in [2.45, 2.75) is 49.9 Å². The third-order valence-electron chi connectivity index (χ3n) is 6.73. The fourth-order valence-electron chi connectivity index (χ4n) is 4.70. The molecule has 0 saturated carbocycles. The van der Waals surface area contributed by atoms with Gasteiger partial charge in [-0.15, -0.1) is 11.8 Å². The lowest BCUT2D eigenvalue weighted by molar-refractivity contribution is 0.0605. The molecule has 2 aliphatic rings. The van der Waals surface area contributed by atoms with E-state index in [2.05, 4.69) is 67.4 Å². The van der Waals surface area contributed by atoms with E-state index in [-0.39, 0.29) is 23.4 Å². The topological polar surface area (TPSA) is 45.5 Å². The van der Waals surface area contributed by atoms with Crippen LogP contribution in [-0.4, -0.2) is 28.2 Å². The predicted molar refractivity (Wildman–Crippen MR) is 129 cm³/mol. The molecule has 3 aromatic rings. The molecule has 1 unspecified atom stereocenters. The molecule has 0 N–H and O–H groups in total. The summed E-state index contributed by atoms with van der Waals surface area (Å²) in [5.74, 6) is 0.831. The molecule has 0 fully saturated rings. The Morgan fingerprint density at radius 2 is 1.75 bits per heavy atom. The van der Waals surface area contributed by atoms with Crippen molar-refractivity contribution in [3.8, 4) is 0 Å². The second kappa shape index (κ2) is 8.17. The largest absolute Gasteiger partial charge is 0.315 e. The molecule has 5 rings (SSSR count). The third-order valence-corrected chi connectivity index (χ3v) is 7.86. The lowest BCUT2D eigenvalue weighted by Gasteiger charge is -2.46. The SMILES string of the molecule is CC[C@H](C)N1CN(C2c3ccccc3CSc3ccccc32)n2ccc(=O)c(C)c2C1=O. The summed E-state index contributed by atoms with van der Waals surface area (Å²) in [5, 5.41) is 2.25. The maximum absolute atomic E-state index is 13.5. The van der Waals surface area contributed by atoms with Gasteiger partial charge in [0.2, 0.25) is 0 Å². The molecule has 1 aromatic heterocycles. The highest BCUT2D eigenvalue weighted by Gasteiger charge is 2.38. The van der Waals surface area contributed by atoms with Gasteiger partial charge < -0.3 is 4.90 Å². The Balaban J connectivity index is 1.78. The molecule has 0 saturated heterocycles. The maximum atomic E-state index is 13.5. The number of amides is 1. The quantitative estimate of drug-likeness (QED) is 0.586. The smallest absolute Gasteiger partial charge is 0.274 e. The zero-order valence-electron chi connectivity index (χ0n) is 18.6. The molecule has 6 heteroatoms. The number of nitrogens with zero attached hydrogens (tertiary/aromatic N) is 3. The number of aromatic nitrogens is 1. The summed E-state index contributed by atoms with van der Waals surface area (Å²) in [6.45, 7) is 6.39. The normalized spacial score (nSPS) is 18.5. The van der Waals surface area contributed by atoms with Gasteiger partial charge in [0.15, 0.2) is 5.43 Å². The van der Waals surface area contributed by atoms with E-state index in [1.807, 2.05) is 21.3 Å². The van der Waals surface area contributed by atoms with E-state index in [1.165, 1.54) is 21.6 Å². The molecule has 0 bridgehead atoms. The number of fused-ring (bicyclic) bond motifs is 3. The van der Waals surface area contributed by atoms with Crippen molar-refractivity contribution in [2.75, 3.05) is 11.7 Å². The van der Waals surface area contributed by atoms with Gasteiger partial charge >= 0.3 is 0 Å². The second-order valence-corrected chi connectivity index (χ2v) is 9.56. The van der Waals surface area contributed by atoms with E-state index in [1.54, 1.807) is 19.2 Å². The van der Waals surface area contributed by atoms with E-state index >= 15 is 0 Å². The molecule has 0 radical (unpaired) electrons. The summed E-state index contributed by atoms with van der Waals surface area (Å²) < 4.78 is 1.92. The van der Waals surface area contributed by atoms with Crippen molar-refractivity contribution in [1.29, 1.82) is 0 Å². The number of carbonyl (C=O) groups excluding carboxylic acids is 1. The van der Waals surface area contributed by atoms with E-state index in [0.717, 1.165) is 12.2 Å². The van der Waals surface area contributed by atoms with Crippen LogP contribution in [0, 0.1) is 6.92 Å². The summed E-state index contributed by atoms with van der Waals surface area (Å²) >= 11 is 1.85. The summed E-state index contributed by atoms with van der Waals surface area (Å²) in [5.41, 5.74) is 4.63. The van der Waals surface area contributed by atoms with E-state index in [4.69, 9.17) is 0 Å². The zero-order valence-corrected chi connectivity index (χ0v) is 19.4. The lowest BCUT2D eigenvalue weighted by Crippen LogP contribution is -2.58. The van der Waals surface area contributed by atoms with Gasteiger partial charge in [-0.2, -0.15) is 0 Å². The van der Waals surface area contributed by atoms with Gasteiger partial charge in [0.1, 0.15) is 12.4 Å². The molecular formula is C26H27N3O2S. The molecule has 164 valence electrons. The number of rotatable bonds is 3.